The SMILES string of the molecule is CCCn1nc2n(c1=O)CCN(Cc1cccc(OC)c1OC)C2. The number of hydrogen-bond donors (Lipinski definition) is 0. The maximum Gasteiger partial charge on any atom is 0.345 e. The van der Waals surface area contributed by atoms with Crippen molar-refractivity contribution in [1.82, 2.24) is 19.2 Å². The van der Waals surface area contributed by atoms with Crippen LogP contribution in [0.15, 0.2) is 23.0 Å². The van der Waals surface area contributed by atoms with Crippen LogP contribution in [0.5, 0.6) is 11.5 Å². The molecule has 0 amide bonds. The van der Waals surface area contributed by atoms with Crippen molar-refractivity contribution in [3.05, 3.63) is 40.1 Å². The summed E-state index contributed by atoms with van der Waals surface area (Å²) in [4.78, 5) is 14.5. The number of aromatic nitrogens is 3. The maximum absolute atomic E-state index is 12.3. The van der Waals surface area contributed by atoms with E-state index in [9.17, 15) is 4.79 Å². The molecule has 0 atom stereocenters. The van der Waals surface area contributed by atoms with Crippen molar-refractivity contribution in [2.75, 3.05) is 20.8 Å². The highest BCUT2D eigenvalue weighted by atomic mass is 16.5. The van der Waals surface area contributed by atoms with E-state index < -0.39 is 0 Å². The molecule has 0 saturated carbocycles. The molecule has 0 unspecified atom stereocenters. The third kappa shape index (κ3) is 3.03. The van der Waals surface area contributed by atoms with Crippen LogP contribution >= 0.6 is 0 Å². The quantitative estimate of drug-likeness (QED) is 0.802. The summed E-state index contributed by atoms with van der Waals surface area (Å²) in [6.07, 6.45) is 0.904. The lowest BCUT2D eigenvalue weighted by molar-refractivity contribution is 0.204. The Morgan fingerprint density at radius 3 is 2.75 bits per heavy atom. The summed E-state index contributed by atoms with van der Waals surface area (Å²) in [5.74, 6) is 2.33. The Bertz CT molecular complexity index is 766. The molecule has 1 aliphatic heterocycles. The lowest BCUT2D eigenvalue weighted by atomic mass is 10.1. The molecule has 1 aliphatic rings. The van der Waals surface area contributed by atoms with Gasteiger partial charge >= 0.3 is 5.69 Å². The van der Waals surface area contributed by atoms with Gasteiger partial charge in [-0.05, 0) is 12.5 Å². The van der Waals surface area contributed by atoms with Crippen LogP contribution in [0.3, 0.4) is 0 Å². The van der Waals surface area contributed by atoms with E-state index in [0.29, 0.717) is 19.6 Å². The Balaban J connectivity index is 1.79. The number of nitrogens with zero attached hydrogens (tertiary/aromatic N) is 4. The Morgan fingerprint density at radius 2 is 2.04 bits per heavy atom. The van der Waals surface area contributed by atoms with Gasteiger partial charge in [-0.3, -0.25) is 9.47 Å². The third-order valence-corrected chi connectivity index (χ3v) is 4.32. The van der Waals surface area contributed by atoms with Crippen LogP contribution in [0.25, 0.3) is 0 Å². The number of fused-ring (bicyclic) bond motifs is 1. The highest BCUT2D eigenvalue weighted by Gasteiger charge is 2.23. The van der Waals surface area contributed by atoms with Gasteiger partial charge in [0.1, 0.15) is 5.82 Å². The number of ether oxygens (including phenoxy) is 2. The second kappa shape index (κ2) is 7.09. The second-order valence-electron chi connectivity index (χ2n) is 5.94. The first kappa shape index (κ1) is 16.6. The van der Waals surface area contributed by atoms with Gasteiger partial charge in [-0.1, -0.05) is 19.1 Å². The van der Waals surface area contributed by atoms with Crippen molar-refractivity contribution in [3.63, 3.8) is 0 Å². The Labute approximate surface area is 141 Å². The van der Waals surface area contributed by atoms with Gasteiger partial charge in [-0.25, -0.2) is 9.48 Å². The molecule has 2 heterocycles. The van der Waals surface area contributed by atoms with E-state index in [1.165, 1.54) is 0 Å². The summed E-state index contributed by atoms with van der Waals surface area (Å²) in [6, 6.07) is 5.90. The smallest absolute Gasteiger partial charge is 0.345 e. The predicted octanol–water partition coefficient (Wildman–Crippen LogP) is 1.49. The van der Waals surface area contributed by atoms with E-state index in [-0.39, 0.29) is 5.69 Å². The van der Waals surface area contributed by atoms with Crippen molar-refractivity contribution >= 4 is 0 Å². The molecular weight excluding hydrogens is 308 g/mol. The first-order chi connectivity index (χ1) is 11.7. The van der Waals surface area contributed by atoms with Crippen molar-refractivity contribution in [2.24, 2.45) is 0 Å². The average Bonchev–Trinajstić information content (AvgIpc) is 2.90. The van der Waals surface area contributed by atoms with E-state index >= 15 is 0 Å². The largest absolute Gasteiger partial charge is 0.493 e. The molecule has 3 rings (SSSR count). The van der Waals surface area contributed by atoms with Crippen molar-refractivity contribution in [3.8, 4) is 11.5 Å². The lowest BCUT2D eigenvalue weighted by Crippen LogP contribution is -2.37. The highest BCUT2D eigenvalue weighted by molar-refractivity contribution is 5.46. The van der Waals surface area contributed by atoms with Gasteiger partial charge in [0.25, 0.3) is 0 Å². The topological polar surface area (TPSA) is 61.5 Å². The monoisotopic (exact) mass is 332 g/mol. The zero-order valence-electron chi connectivity index (χ0n) is 14.5. The Morgan fingerprint density at radius 1 is 1.21 bits per heavy atom. The third-order valence-electron chi connectivity index (χ3n) is 4.32. The molecule has 7 heteroatoms. The second-order valence-corrected chi connectivity index (χ2v) is 5.94. The molecule has 0 spiro atoms. The molecule has 24 heavy (non-hydrogen) atoms. The number of methoxy groups -OCH3 is 2. The molecule has 0 N–H and O–H groups in total. The van der Waals surface area contributed by atoms with E-state index in [4.69, 9.17) is 9.47 Å². The Hall–Kier alpha value is -2.28. The first-order valence-electron chi connectivity index (χ1n) is 8.26. The minimum atomic E-state index is 0.00506. The van der Waals surface area contributed by atoms with E-state index in [1.54, 1.807) is 23.5 Å². The van der Waals surface area contributed by atoms with Crippen LogP contribution in [0.2, 0.25) is 0 Å². The summed E-state index contributed by atoms with van der Waals surface area (Å²) in [5, 5.41) is 4.48. The summed E-state index contributed by atoms with van der Waals surface area (Å²) >= 11 is 0. The van der Waals surface area contributed by atoms with Gasteiger partial charge in [0.15, 0.2) is 11.5 Å². The van der Waals surface area contributed by atoms with Crippen molar-refractivity contribution in [2.45, 2.75) is 39.5 Å². The number of aryl methyl sites for hydroxylation is 1. The minimum Gasteiger partial charge on any atom is -0.493 e. The van der Waals surface area contributed by atoms with Gasteiger partial charge < -0.3 is 9.47 Å². The lowest BCUT2D eigenvalue weighted by Gasteiger charge is -2.27. The molecule has 0 bridgehead atoms. The molecule has 7 nitrogen and oxygen atoms in total. The van der Waals surface area contributed by atoms with Crippen LogP contribution < -0.4 is 15.2 Å². The van der Waals surface area contributed by atoms with Gasteiger partial charge in [0.2, 0.25) is 0 Å². The minimum absolute atomic E-state index is 0.00506. The maximum atomic E-state index is 12.3. The summed E-state index contributed by atoms with van der Waals surface area (Å²) in [5.41, 5.74) is 1.08. The van der Waals surface area contributed by atoms with Gasteiger partial charge in [-0.15, -0.1) is 0 Å². The summed E-state index contributed by atoms with van der Waals surface area (Å²) in [6.45, 7) is 5.59. The molecule has 2 aromatic rings. The molecule has 1 aromatic heterocycles. The molecule has 1 aromatic carbocycles. The van der Waals surface area contributed by atoms with Crippen LogP contribution in [0, 0.1) is 0 Å². The predicted molar refractivity (Wildman–Crippen MR) is 90.4 cm³/mol. The van der Waals surface area contributed by atoms with E-state index in [0.717, 1.165) is 42.4 Å². The Kier molecular flexibility index (Phi) is 4.89. The molecule has 0 saturated heterocycles. The average molecular weight is 332 g/mol. The van der Waals surface area contributed by atoms with Gasteiger partial charge in [-0.2, -0.15) is 5.10 Å². The zero-order valence-corrected chi connectivity index (χ0v) is 14.5. The highest BCUT2D eigenvalue weighted by Crippen LogP contribution is 2.31. The van der Waals surface area contributed by atoms with Gasteiger partial charge in [0.05, 0.1) is 20.8 Å². The molecule has 130 valence electrons. The fraction of sp³-hybridized carbons (Fsp3) is 0.529. The molecule has 0 aliphatic carbocycles. The molecule has 0 radical (unpaired) electrons. The fourth-order valence-electron chi connectivity index (χ4n) is 3.16. The summed E-state index contributed by atoms with van der Waals surface area (Å²) in [7, 11) is 3.29. The van der Waals surface area contributed by atoms with Crippen molar-refractivity contribution in [1.29, 1.82) is 0 Å². The normalized spacial score (nSPS) is 14.5. The van der Waals surface area contributed by atoms with Gasteiger partial charge in [0, 0.05) is 31.7 Å². The van der Waals surface area contributed by atoms with E-state index in [2.05, 4.69) is 10.00 Å². The number of para-hydroxylation sites is 1. The van der Waals surface area contributed by atoms with Crippen LogP contribution in [-0.4, -0.2) is 40.0 Å². The fourth-order valence-corrected chi connectivity index (χ4v) is 3.16. The van der Waals surface area contributed by atoms with Crippen LogP contribution in [0.4, 0.5) is 0 Å². The molecular formula is C17H24N4O3. The number of rotatable bonds is 6. The first-order valence-corrected chi connectivity index (χ1v) is 8.26. The molecule has 0 fully saturated rings. The van der Waals surface area contributed by atoms with Crippen LogP contribution in [-0.2, 0) is 26.2 Å². The number of hydrogen-bond acceptors (Lipinski definition) is 5. The number of benzene rings is 1. The zero-order chi connectivity index (χ0) is 17.1. The standard InChI is InChI=1S/C17H24N4O3/c1-4-8-21-17(22)20-10-9-19(12-15(20)18-21)11-13-6-5-7-14(23-2)16(13)24-3/h5-7H,4,8-12H2,1-3H3. The van der Waals surface area contributed by atoms with Crippen LogP contribution in [0.1, 0.15) is 24.7 Å². The van der Waals surface area contributed by atoms with E-state index in [1.807, 2.05) is 25.1 Å². The van der Waals surface area contributed by atoms with Crippen molar-refractivity contribution < 1.29 is 9.47 Å². The summed E-state index contributed by atoms with van der Waals surface area (Å²) < 4.78 is 14.2.